The lowest BCUT2D eigenvalue weighted by Gasteiger charge is -2.28. The van der Waals surface area contributed by atoms with Crippen molar-refractivity contribution in [1.82, 2.24) is 15.1 Å². The van der Waals surface area contributed by atoms with Crippen LogP contribution < -0.4 is 14.8 Å². The third kappa shape index (κ3) is 3.12. The fourth-order valence-corrected chi connectivity index (χ4v) is 2.79. The lowest BCUT2D eigenvalue weighted by atomic mass is 10.1. The van der Waals surface area contributed by atoms with E-state index in [2.05, 4.69) is 5.32 Å². The number of benzene rings is 1. The summed E-state index contributed by atoms with van der Waals surface area (Å²) in [4.78, 5) is 38.4. The molecule has 2 aliphatic rings. The molecule has 0 saturated carbocycles. The molecule has 8 heteroatoms. The van der Waals surface area contributed by atoms with Gasteiger partial charge in [-0.25, -0.2) is 4.79 Å². The summed E-state index contributed by atoms with van der Waals surface area (Å²) in [5, 5.41) is 2.41. The number of carbonyl (C=O) groups is 3. The maximum Gasteiger partial charge on any atom is 0.325 e. The zero-order chi connectivity index (χ0) is 17.1. The van der Waals surface area contributed by atoms with E-state index in [0.717, 1.165) is 10.5 Å². The fourth-order valence-electron chi connectivity index (χ4n) is 2.79. The van der Waals surface area contributed by atoms with Crippen LogP contribution in [0.25, 0.3) is 0 Å². The van der Waals surface area contributed by atoms with Gasteiger partial charge in [0, 0.05) is 18.7 Å². The van der Waals surface area contributed by atoms with Gasteiger partial charge in [0.15, 0.2) is 11.5 Å². The molecule has 8 nitrogen and oxygen atoms in total. The number of ether oxygens (including phenoxy) is 2. The summed E-state index contributed by atoms with van der Waals surface area (Å²) in [6.07, 6.45) is 0.656. The molecule has 1 aromatic rings. The van der Waals surface area contributed by atoms with Crippen molar-refractivity contribution in [2.45, 2.75) is 13.0 Å². The van der Waals surface area contributed by atoms with Crippen molar-refractivity contribution in [3.8, 4) is 11.5 Å². The number of carbonyl (C=O) groups excluding carboxylic acids is 3. The largest absolute Gasteiger partial charge is 0.493 e. The molecule has 4 amide bonds. The van der Waals surface area contributed by atoms with Crippen LogP contribution in [0.2, 0.25) is 0 Å². The molecule has 1 saturated heterocycles. The van der Waals surface area contributed by atoms with Gasteiger partial charge in [-0.15, -0.1) is 0 Å². The Balaban J connectivity index is 1.77. The Morgan fingerprint density at radius 2 is 2.21 bits per heavy atom. The van der Waals surface area contributed by atoms with Gasteiger partial charge in [-0.1, -0.05) is 12.1 Å². The van der Waals surface area contributed by atoms with Crippen LogP contribution >= 0.6 is 0 Å². The lowest BCUT2D eigenvalue weighted by Crippen LogP contribution is -2.43. The molecule has 1 fully saturated rings. The smallest absolute Gasteiger partial charge is 0.325 e. The highest BCUT2D eigenvalue weighted by Crippen LogP contribution is 2.33. The quantitative estimate of drug-likeness (QED) is 0.807. The van der Waals surface area contributed by atoms with E-state index >= 15 is 0 Å². The molecule has 128 valence electrons. The Hall–Kier alpha value is -2.77. The fraction of sp³-hybridized carbons (Fsp3) is 0.438. The second kappa shape index (κ2) is 6.77. The van der Waals surface area contributed by atoms with Crippen LogP contribution in [-0.4, -0.2) is 61.0 Å². The van der Waals surface area contributed by atoms with Crippen LogP contribution in [0.5, 0.6) is 11.5 Å². The third-order valence-corrected chi connectivity index (χ3v) is 4.04. The summed E-state index contributed by atoms with van der Waals surface area (Å²) in [6.45, 7) is 0.999. The molecule has 0 aromatic heterocycles. The topological polar surface area (TPSA) is 88.2 Å². The van der Waals surface area contributed by atoms with Gasteiger partial charge < -0.3 is 19.7 Å². The molecule has 24 heavy (non-hydrogen) atoms. The van der Waals surface area contributed by atoms with Crippen molar-refractivity contribution >= 4 is 17.8 Å². The molecule has 0 atom stereocenters. The lowest BCUT2D eigenvalue weighted by molar-refractivity contribution is -0.137. The number of amides is 4. The molecule has 1 aromatic carbocycles. The normalized spacial score (nSPS) is 17.5. The number of hydrogen-bond acceptors (Lipinski definition) is 5. The molecule has 0 radical (unpaired) electrons. The van der Waals surface area contributed by atoms with Gasteiger partial charge in [0.1, 0.15) is 6.54 Å². The predicted molar refractivity (Wildman–Crippen MR) is 83.6 cm³/mol. The molecule has 0 bridgehead atoms. The van der Waals surface area contributed by atoms with E-state index < -0.39 is 6.03 Å². The van der Waals surface area contributed by atoms with Gasteiger partial charge in [0.05, 0.1) is 20.3 Å². The summed E-state index contributed by atoms with van der Waals surface area (Å²) in [5.74, 6) is 0.602. The molecule has 2 aliphatic heterocycles. The standard InChI is InChI=1S/C16H19N3O5/c1-23-12-5-2-4-11-9-18(6-3-7-24-15(11)12)14(21)10-19-13(20)8-17-16(19)22/h2,4-5H,3,6-10H2,1H3,(H,17,22). The molecular weight excluding hydrogens is 314 g/mol. The van der Waals surface area contributed by atoms with E-state index in [4.69, 9.17) is 9.47 Å². The van der Waals surface area contributed by atoms with Gasteiger partial charge >= 0.3 is 6.03 Å². The van der Waals surface area contributed by atoms with Gasteiger partial charge in [-0.2, -0.15) is 0 Å². The number of nitrogens with zero attached hydrogens (tertiary/aromatic N) is 2. The van der Waals surface area contributed by atoms with Gasteiger partial charge in [0.2, 0.25) is 5.91 Å². The van der Waals surface area contributed by atoms with Crippen molar-refractivity contribution in [2.24, 2.45) is 0 Å². The predicted octanol–water partition coefficient (Wildman–Crippen LogP) is 0.358. The monoisotopic (exact) mass is 333 g/mol. The first kappa shape index (κ1) is 16.1. The summed E-state index contributed by atoms with van der Waals surface area (Å²) >= 11 is 0. The SMILES string of the molecule is COc1cccc2c1OCCCN(C(=O)CN1C(=O)CNC1=O)C2. The van der Waals surface area contributed by atoms with Crippen molar-refractivity contribution in [3.05, 3.63) is 23.8 Å². The number of urea groups is 1. The van der Waals surface area contributed by atoms with E-state index in [-0.39, 0.29) is 24.9 Å². The van der Waals surface area contributed by atoms with Gasteiger partial charge in [0.25, 0.3) is 5.91 Å². The van der Waals surface area contributed by atoms with E-state index in [1.807, 2.05) is 12.1 Å². The number of rotatable bonds is 3. The number of fused-ring (bicyclic) bond motifs is 1. The molecular formula is C16H19N3O5. The average molecular weight is 333 g/mol. The van der Waals surface area contributed by atoms with Crippen LogP contribution in [0, 0.1) is 0 Å². The zero-order valence-electron chi connectivity index (χ0n) is 13.4. The highest BCUT2D eigenvalue weighted by atomic mass is 16.5. The van der Waals surface area contributed by atoms with Crippen molar-refractivity contribution < 1.29 is 23.9 Å². The second-order valence-corrected chi connectivity index (χ2v) is 5.60. The summed E-state index contributed by atoms with van der Waals surface area (Å²) in [5.41, 5.74) is 0.833. The first-order valence-electron chi connectivity index (χ1n) is 7.75. The Kier molecular flexibility index (Phi) is 4.54. The Bertz CT molecular complexity index is 660. The van der Waals surface area contributed by atoms with Crippen LogP contribution in [-0.2, 0) is 16.1 Å². The van der Waals surface area contributed by atoms with Crippen molar-refractivity contribution in [1.29, 1.82) is 0 Å². The van der Waals surface area contributed by atoms with Crippen LogP contribution in [0.1, 0.15) is 12.0 Å². The third-order valence-electron chi connectivity index (χ3n) is 4.04. The van der Waals surface area contributed by atoms with Gasteiger partial charge in [-0.3, -0.25) is 14.5 Å². The molecule has 0 aliphatic carbocycles. The Labute approximate surface area is 139 Å². The first-order chi connectivity index (χ1) is 11.6. The zero-order valence-corrected chi connectivity index (χ0v) is 13.4. The van der Waals surface area contributed by atoms with E-state index in [9.17, 15) is 14.4 Å². The van der Waals surface area contributed by atoms with Crippen LogP contribution in [0.15, 0.2) is 18.2 Å². The minimum atomic E-state index is -0.522. The average Bonchev–Trinajstić information content (AvgIpc) is 2.86. The maximum absolute atomic E-state index is 12.6. The van der Waals surface area contributed by atoms with Gasteiger partial charge in [-0.05, 0) is 12.5 Å². The van der Waals surface area contributed by atoms with Crippen molar-refractivity contribution in [2.75, 3.05) is 33.4 Å². The van der Waals surface area contributed by atoms with Crippen LogP contribution in [0.4, 0.5) is 4.79 Å². The van der Waals surface area contributed by atoms with E-state index in [1.165, 1.54) is 0 Å². The first-order valence-corrected chi connectivity index (χ1v) is 7.75. The van der Waals surface area contributed by atoms with E-state index in [1.54, 1.807) is 18.1 Å². The number of para-hydroxylation sites is 1. The second-order valence-electron chi connectivity index (χ2n) is 5.60. The Morgan fingerprint density at radius 1 is 1.38 bits per heavy atom. The molecule has 2 heterocycles. The highest BCUT2D eigenvalue weighted by Gasteiger charge is 2.32. The minimum Gasteiger partial charge on any atom is -0.493 e. The maximum atomic E-state index is 12.6. The summed E-state index contributed by atoms with van der Waals surface area (Å²) < 4.78 is 11.1. The minimum absolute atomic E-state index is 0.0556. The molecule has 0 spiro atoms. The van der Waals surface area contributed by atoms with Crippen molar-refractivity contribution in [3.63, 3.8) is 0 Å². The number of nitrogens with one attached hydrogen (secondary N) is 1. The molecule has 0 unspecified atom stereocenters. The Morgan fingerprint density at radius 3 is 2.92 bits per heavy atom. The number of methoxy groups -OCH3 is 1. The van der Waals surface area contributed by atoms with E-state index in [0.29, 0.717) is 37.6 Å². The number of hydrogen-bond donors (Lipinski definition) is 1. The molecule has 3 rings (SSSR count). The summed E-state index contributed by atoms with van der Waals surface area (Å²) in [7, 11) is 1.57. The molecule has 1 N–H and O–H groups in total. The number of imide groups is 1. The van der Waals surface area contributed by atoms with Crippen LogP contribution in [0.3, 0.4) is 0 Å². The summed E-state index contributed by atoms with van der Waals surface area (Å²) in [6, 6.07) is 4.99. The highest BCUT2D eigenvalue weighted by molar-refractivity contribution is 6.04.